The second-order valence-corrected chi connectivity index (χ2v) is 4.44. The van der Waals surface area contributed by atoms with Gasteiger partial charge in [0.05, 0.1) is 13.5 Å². The van der Waals surface area contributed by atoms with Gasteiger partial charge in [-0.05, 0) is 23.8 Å². The lowest BCUT2D eigenvalue weighted by atomic mass is 10.1. The Hall–Kier alpha value is -2.33. The van der Waals surface area contributed by atoms with Crippen molar-refractivity contribution in [2.45, 2.75) is 13.0 Å². The zero-order valence-corrected chi connectivity index (χ0v) is 11.4. The number of ether oxygens (including phenoxy) is 1. The summed E-state index contributed by atoms with van der Waals surface area (Å²) < 4.78 is 5.24. The lowest BCUT2D eigenvalue weighted by Crippen LogP contribution is -2.15. The molecule has 0 bridgehead atoms. The van der Waals surface area contributed by atoms with E-state index in [2.05, 4.69) is 5.32 Å². The maximum atomic E-state index is 12.1. The Labute approximate surface area is 118 Å². The molecule has 1 amide bonds. The van der Waals surface area contributed by atoms with Gasteiger partial charge in [-0.25, -0.2) is 0 Å². The van der Waals surface area contributed by atoms with Crippen LogP contribution >= 0.6 is 0 Å². The third-order valence-electron chi connectivity index (χ3n) is 2.99. The number of nitrogens with two attached hydrogens (primary N) is 1. The van der Waals surface area contributed by atoms with Crippen molar-refractivity contribution >= 4 is 11.6 Å². The summed E-state index contributed by atoms with van der Waals surface area (Å²) in [6.45, 7) is 0.455. The van der Waals surface area contributed by atoms with Crippen LogP contribution in [0.1, 0.15) is 11.1 Å². The van der Waals surface area contributed by atoms with Crippen LogP contribution in [0.25, 0.3) is 0 Å². The molecule has 0 aromatic heterocycles. The topological polar surface area (TPSA) is 64.3 Å². The Kier molecular flexibility index (Phi) is 4.74. The fourth-order valence-electron chi connectivity index (χ4n) is 2.00. The highest BCUT2D eigenvalue weighted by molar-refractivity contribution is 5.92. The molecule has 0 saturated carbocycles. The van der Waals surface area contributed by atoms with Gasteiger partial charge in [-0.2, -0.15) is 0 Å². The first-order chi connectivity index (χ1) is 9.72. The molecule has 0 radical (unpaired) electrons. The number of rotatable bonds is 5. The summed E-state index contributed by atoms with van der Waals surface area (Å²) in [4.78, 5) is 12.1. The molecule has 104 valence electrons. The minimum absolute atomic E-state index is 0.0799. The van der Waals surface area contributed by atoms with Crippen LogP contribution < -0.4 is 15.8 Å². The first-order valence-corrected chi connectivity index (χ1v) is 6.43. The van der Waals surface area contributed by atoms with Crippen LogP contribution in [0.3, 0.4) is 0 Å². The zero-order chi connectivity index (χ0) is 14.4. The van der Waals surface area contributed by atoms with E-state index >= 15 is 0 Å². The number of benzene rings is 2. The molecule has 4 heteroatoms. The van der Waals surface area contributed by atoms with E-state index in [9.17, 15) is 4.79 Å². The third-order valence-corrected chi connectivity index (χ3v) is 2.99. The second-order valence-electron chi connectivity index (χ2n) is 4.44. The number of carbonyl (C=O) groups excluding carboxylic acids is 1. The van der Waals surface area contributed by atoms with Crippen molar-refractivity contribution in [2.24, 2.45) is 5.73 Å². The van der Waals surface area contributed by atoms with E-state index in [1.165, 1.54) is 0 Å². The predicted octanol–water partition coefficient (Wildman–Crippen LogP) is 2.34. The van der Waals surface area contributed by atoms with Crippen molar-refractivity contribution in [1.82, 2.24) is 0 Å². The van der Waals surface area contributed by atoms with Crippen molar-refractivity contribution in [3.8, 4) is 5.75 Å². The average molecular weight is 270 g/mol. The van der Waals surface area contributed by atoms with Gasteiger partial charge in [-0.1, -0.05) is 30.3 Å². The molecule has 0 aliphatic heterocycles. The van der Waals surface area contributed by atoms with Crippen LogP contribution in [-0.2, 0) is 17.8 Å². The van der Waals surface area contributed by atoms with E-state index in [1.54, 1.807) is 7.11 Å². The Balaban J connectivity index is 2.05. The summed E-state index contributed by atoms with van der Waals surface area (Å²) >= 11 is 0. The zero-order valence-electron chi connectivity index (χ0n) is 11.4. The lowest BCUT2D eigenvalue weighted by molar-refractivity contribution is -0.115. The molecular weight excluding hydrogens is 252 g/mol. The Morgan fingerprint density at radius 2 is 2.00 bits per heavy atom. The highest BCUT2D eigenvalue weighted by atomic mass is 16.5. The molecular formula is C16H18N2O2. The summed E-state index contributed by atoms with van der Waals surface area (Å²) in [6, 6.07) is 15.0. The van der Waals surface area contributed by atoms with Gasteiger partial charge < -0.3 is 15.8 Å². The van der Waals surface area contributed by atoms with Crippen LogP contribution in [0.5, 0.6) is 5.75 Å². The fraction of sp³-hybridized carbons (Fsp3) is 0.188. The summed E-state index contributed by atoms with van der Waals surface area (Å²) in [5.74, 6) is 0.641. The van der Waals surface area contributed by atoms with Crippen molar-refractivity contribution in [2.75, 3.05) is 12.4 Å². The van der Waals surface area contributed by atoms with Gasteiger partial charge in [0.1, 0.15) is 5.75 Å². The smallest absolute Gasteiger partial charge is 0.228 e. The van der Waals surface area contributed by atoms with Gasteiger partial charge in [0, 0.05) is 17.8 Å². The summed E-state index contributed by atoms with van der Waals surface area (Å²) in [6.07, 6.45) is 0.275. The Morgan fingerprint density at radius 1 is 1.20 bits per heavy atom. The van der Waals surface area contributed by atoms with Crippen LogP contribution in [0, 0.1) is 0 Å². The fourth-order valence-corrected chi connectivity index (χ4v) is 2.00. The molecule has 2 rings (SSSR count). The molecule has 0 heterocycles. The van der Waals surface area contributed by atoms with Crippen LogP contribution in [0.15, 0.2) is 48.5 Å². The minimum Gasteiger partial charge on any atom is -0.496 e. The highest BCUT2D eigenvalue weighted by Gasteiger charge is 2.08. The van der Waals surface area contributed by atoms with Crippen molar-refractivity contribution < 1.29 is 9.53 Å². The monoisotopic (exact) mass is 270 g/mol. The summed E-state index contributed by atoms with van der Waals surface area (Å²) in [5, 5.41) is 2.87. The molecule has 0 unspecified atom stereocenters. The minimum atomic E-state index is -0.0799. The summed E-state index contributed by atoms with van der Waals surface area (Å²) in [5.41, 5.74) is 8.19. The van der Waals surface area contributed by atoms with Crippen LogP contribution in [0.2, 0.25) is 0 Å². The SMILES string of the molecule is COc1ccccc1CC(=O)Nc1cccc(CN)c1. The molecule has 20 heavy (non-hydrogen) atoms. The molecule has 0 aliphatic carbocycles. The normalized spacial score (nSPS) is 10.1. The molecule has 0 saturated heterocycles. The van der Waals surface area contributed by atoms with Gasteiger partial charge >= 0.3 is 0 Å². The third kappa shape index (κ3) is 3.59. The van der Waals surface area contributed by atoms with Gasteiger partial charge in [-0.15, -0.1) is 0 Å². The van der Waals surface area contributed by atoms with E-state index in [0.717, 1.165) is 22.6 Å². The first-order valence-electron chi connectivity index (χ1n) is 6.43. The molecule has 2 aromatic carbocycles. The van der Waals surface area contributed by atoms with Crippen LogP contribution in [0.4, 0.5) is 5.69 Å². The number of carbonyl (C=O) groups is 1. The van der Waals surface area contributed by atoms with E-state index in [4.69, 9.17) is 10.5 Å². The highest BCUT2D eigenvalue weighted by Crippen LogP contribution is 2.18. The standard InChI is InChI=1S/C16H18N2O2/c1-20-15-8-3-2-6-13(15)10-16(19)18-14-7-4-5-12(9-14)11-17/h2-9H,10-11,17H2,1H3,(H,18,19). The van der Waals surface area contributed by atoms with Crippen molar-refractivity contribution in [3.05, 3.63) is 59.7 Å². The second kappa shape index (κ2) is 6.73. The Bertz CT molecular complexity index is 597. The number of nitrogens with one attached hydrogen (secondary N) is 1. The number of hydrogen-bond acceptors (Lipinski definition) is 3. The van der Waals surface area contributed by atoms with Gasteiger partial charge in [0.15, 0.2) is 0 Å². The molecule has 2 aromatic rings. The van der Waals surface area contributed by atoms with E-state index in [0.29, 0.717) is 6.54 Å². The van der Waals surface area contributed by atoms with Crippen molar-refractivity contribution in [3.63, 3.8) is 0 Å². The molecule has 0 fully saturated rings. The van der Waals surface area contributed by atoms with Gasteiger partial charge in [-0.3, -0.25) is 4.79 Å². The quantitative estimate of drug-likeness (QED) is 0.876. The average Bonchev–Trinajstić information content (AvgIpc) is 2.48. The number of para-hydroxylation sites is 1. The number of amides is 1. The van der Waals surface area contributed by atoms with E-state index in [1.807, 2.05) is 48.5 Å². The molecule has 0 aliphatic rings. The lowest BCUT2D eigenvalue weighted by Gasteiger charge is -2.09. The molecule has 0 spiro atoms. The number of anilines is 1. The van der Waals surface area contributed by atoms with Crippen molar-refractivity contribution in [1.29, 1.82) is 0 Å². The maximum Gasteiger partial charge on any atom is 0.228 e. The predicted molar refractivity (Wildman–Crippen MR) is 79.7 cm³/mol. The first kappa shape index (κ1) is 14.1. The van der Waals surface area contributed by atoms with E-state index < -0.39 is 0 Å². The number of methoxy groups -OCH3 is 1. The maximum absolute atomic E-state index is 12.1. The largest absolute Gasteiger partial charge is 0.496 e. The molecule has 0 atom stereocenters. The number of hydrogen-bond donors (Lipinski definition) is 2. The van der Waals surface area contributed by atoms with Gasteiger partial charge in [0.2, 0.25) is 5.91 Å². The Morgan fingerprint density at radius 3 is 2.75 bits per heavy atom. The van der Waals surface area contributed by atoms with E-state index in [-0.39, 0.29) is 12.3 Å². The molecule has 4 nitrogen and oxygen atoms in total. The summed E-state index contributed by atoms with van der Waals surface area (Å²) in [7, 11) is 1.60. The van der Waals surface area contributed by atoms with Gasteiger partial charge in [0.25, 0.3) is 0 Å². The molecule has 3 N–H and O–H groups in total. The van der Waals surface area contributed by atoms with Crippen LogP contribution in [-0.4, -0.2) is 13.0 Å².